The van der Waals surface area contributed by atoms with Crippen molar-refractivity contribution < 1.29 is 19.4 Å². The van der Waals surface area contributed by atoms with Crippen LogP contribution in [-0.2, 0) is 6.54 Å². The van der Waals surface area contributed by atoms with E-state index in [4.69, 9.17) is 9.84 Å². The normalized spacial score (nSPS) is 10.1. The molecule has 2 N–H and O–H groups in total. The average Bonchev–Trinajstić information content (AvgIpc) is 2.94. The third-order valence-corrected chi connectivity index (χ3v) is 3.57. The lowest BCUT2D eigenvalue weighted by Crippen LogP contribution is -2.21. The molecule has 2 aromatic rings. The van der Waals surface area contributed by atoms with E-state index < -0.39 is 5.97 Å². The molecule has 0 atom stereocenters. The first-order valence-corrected chi connectivity index (χ1v) is 6.71. The summed E-state index contributed by atoms with van der Waals surface area (Å²) >= 11 is 1.29. The standard InChI is InChI=1S/C14H13NO4S/c1-19-11-6-12(20-8-11)13(16)15-7-9-3-2-4-10(5-9)14(17)18/h2-6,8H,7H2,1H3,(H,15,16)(H,17,18). The first-order valence-electron chi connectivity index (χ1n) is 5.83. The molecule has 1 amide bonds. The highest BCUT2D eigenvalue weighted by atomic mass is 32.1. The SMILES string of the molecule is COc1csc(C(=O)NCc2cccc(C(=O)O)c2)c1. The number of thiophene rings is 1. The minimum absolute atomic E-state index is 0.203. The Hall–Kier alpha value is -2.34. The van der Waals surface area contributed by atoms with Gasteiger partial charge >= 0.3 is 5.97 Å². The molecule has 1 heterocycles. The Morgan fingerprint density at radius 1 is 1.35 bits per heavy atom. The van der Waals surface area contributed by atoms with Gasteiger partial charge in [-0.3, -0.25) is 4.79 Å². The highest BCUT2D eigenvalue weighted by molar-refractivity contribution is 7.12. The third-order valence-electron chi connectivity index (χ3n) is 2.66. The summed E-state index contributed by atoms with van der Waals surface area (Å²) < 4.78 is 5.02. The molecule has 0 aliphatic carbocycles. The van der Waals surface area contributed by atoms with Crippen LogP contribution in [0, 0.1) is 0 Å². The molecule has 0 saturated carbocycles. The molecular formula is C14H13NO4S. The number of carboxylic acids is 1. The fraction of sp³-hybridized carbons (Fsp3) is 0.143. The van der Waals surface area contributed by atoms with Crippen molar-refractivity contribution in [3.63, 3.8) is 0 Å². The maximum absolute atomic E-state index is 11.9. The van der Waals surface area contributed by atoms with Crippen molar-refractivity contribution in [1.82, 2.24) is 5.32 Å². The molecule has 0 spiro atoms. The van der Waals surface area contributed by atoms with Crippen LogP contribution in [0.25, 0.3) is 0 Å². The Kier molecular flexibility index (Phi) is 4.37. The zero-order valence-corrected chi connectivity index (χ0v) is 11.6. The number of rotatable bonds is 5. The van der Waals surface area contributed by atoms with Crippen LogP contribution < -0.4 is 10.1 Å². The van der Waals surface area contributed by atoms with Crippen LogP contribution in [0.3, 0.4) is 0 Å². The molecular weight excluding hydrogens is 278 g/mol. The van der Waals surface area contributed by atoms with Gasteiger partial charge < -0.3 is 15.2 Å². The number of benzene rings is 1. The van der Waals surface area contributed by atoms with Gasteiger partial charge in [0.2, 0.25) is 0 Å². The molecule has 0 aliphatic rings. The van der Waals surface area contributed by atoms with Gasteiger partial charge in [-0.25, -0.2) is 4.79 Å². The number of nitrogens with one attached hydrogen (secondary N) is 1. The fourth-order valence-electron chi connectivity index (χ4n) is 1.63. The lowest BCUT2D eigenvalue weighted by atomic mass is 10.1. The van der Waals surface area contributed by atoms with E-state index in [1.54, 1.807) is 30.7 Å². The molecule has 0 radical (unpaired) electrons. The maximum Gasteiger partial charge on any atom is 0.335 e. The second kappa shape index (κ2) is 6.21. The Morgan fingerprint density at radius 3 is 2.80 bits per heavy atom. The number of hydrogen-bond donors (Lipinski definition) is 2. The summed E-state index contributed by atoms with van der Waals surface area (Å²) in [4.78, 5) is 23.3. The smallest absolute Gasteiger partial charge is 0.335 e. The molecule has 1 aromatic carbocycles. The first-order chi connectivity index (χ1) is 9.60. The molecule has 6 heteroatoms. The number of carboxylic acid groups (broad SMARTS) is 1. The van der Waals surface area contributed by atoms with Crippen LogP contribution in [0.2, 0.25) is 0 Å². The minimum atomic E-state index is -0.985. The van der Waals surface area contributed by atoms with E-state index in [1.807, 2.05) is 0 Å². The molecule has 0 fully saturated rings. The topological polar surface area (TPSA) is 75.6 Å². The highest BCUT2D eigenvalue weighted by Gasteiger charge is 2.09. The van der Waals surface area contributed by atoms with E-state index in [-0.39, 0.29) is 18.0 Å². The fourth-order valence-corrected chi connectivity index (χ4v) is 2.40. The molecule has 2 rings (SSSR count). The van der Waals surface area contributed by atoms with Gasteiger partial charge in [0.05, 0.1) is 17.6 Å². The summed E-state index contributed by atoms with van der Waals surface area (Å²) in [7, 11) is 1.54. The molecule has 1 aromatic heterocycles. The van der Waals surface area contributed by atoms with Gasteiger partial charge in [-0.05, 0) is 17.7 Å². The van der Waals surface area contributed by atoms with Crippen molar-refractivity contribution >= 4 is 23.2 Å². The Morgan fingerprint density at radius 2 is 2.15 bits per heavy atom. The van der Waals surface area contributed by atoms with E-state index >= 15 is 0 Å². The molecule has 0 unspecified atom stereocenters. The second-order valence-corrected chi connectivity index (χ2v) is 4.95. The second-order valence-electron chi connectivity index (χ2n) is 4.04. The molecule has 0 saturated heterocycles. The van der Waals surface area contributed by atoms with Gasteiger partial charge in [-0.2, -0.15) is 0 Å². The first kappa shape index (κ1) is 14.1. The number of carbonyl (C=O) groups is 2. The number of ether oxygens (including phenoxy) is 1. The van der Waals surface area contributed by atoms with Crippen molar-refractivity contribution in [2.75, 3.05) is 7.11 Å². The summed E-state index contributed by atoms with van der Waals surface area (Å²) in [6, 6.07) is 8.13. The van der Waals surface area contributed by atoms with Crippen LogP contribution >= 0.6 is 11.3 Å². The predicted molar refractivity (Wildman–Crippen MR) is 75.4 cm³/mol. The Bertz CT molecular complexity index is 636. The summed E-state index contributed by atoms with van der Waals surface area (Å²) in [5.74, 6) is -0.548. The largest absolute Gasteiger partial charge is 0.496 e. The van der Waals surface area contributed by atoms with Gasteiger partial charge in [-0.1, -0.05) is 12.1 Å². The van der Waals surface area contributed by atoms with Gasteiger partial charge in [0, 0.05) is 18.0 Å². The zero-order valence-electron chi connectivity index (χ0n) is 10.8. The number of hydrogen-bond acceptors (Lipinski definition) is 4. The maximum atomic E-state index is 11.9. The van der Waals surface area contributed by atoms with Crippen LogP contribution in [0.15, 0.2) is 35.7 Å². The van der Waals surface area contributed by atoms with E-state index in [1.165, 1.54) is 23.5 Å². The van der Waals surface area contributed by atoms with Crippen molar-refractivity contribution in [2.45, 2.75) is 6.54 Å². The van der Waals surface area contributed by atoms with E-state index in [0.717, 1.165) is 5.56 Å². The summed E-state index contributed by atoms with van der Waals surface area (Å²) in [5.41, 5.74) is 0.941. The quantitative estimate of drug-likeness (QED) is 0.887. The highest BCUT2D eigenvalue weighted by Crippen LogP contribution is 2.20. The lowest BCUT2D eigenvalue weighted by molar-refractivity contribution is 0.0696. The molecule has 0 bridgehead atoms. The van der Waals surface area contributed by atoms with Crippen LogP contribution in [0.1, 0.15) is 25.6 Å². The summed E-state index contributed by atoms with van der Waals surface area (Å²) in [6.07, 6.45) is 0. The molecule has 5 nitrogen and oxygen atoms in total. The van der Waals surface area contributed by atoms with Crippen molar-refractivity contribution in [3.05, 3.63) is 51.7 Å². The molecule has 104 valence electrons. The van der Waals surface area contributed by atoms with Crippen LogP contribution in [0.5, 0.6) is 5.75 Å². The van der Waals surface area contributed by atoms with Crippen molar-refractivity contribution in [1.29, 1.82) is 0 Å². The molecule has 0 aliphatic heterocycles. The monoisotopic (exact) mass is 291 g/mol. The third kappa shape index (κ3) is 3.36. The van der Waals surface area contributed by atoms with Gasteiger partial charge in [0.25, 0.3) is 5.91 Å². The Labute approximate surface area is 119 Å². The predicted octanol–water partition coefficient (Wildman–Crippen LogP) is 2.38. The number of carbonyl (C=O) groups excluding carboxylic acids is 1. The number of aromatic carboxylic acids is 1. The van der Waals surface area contributed by atoms with Crippen LogP contribution in [0.4, 0.5) is 0 Å². The lowest BCUT2D eigenvalue weighted by Gasteiger charge is -2.04. The average molecular weight is 291 g/mol. The molecule has 20 heavy (non-hydrogen) atoms. The van der Waals surface area contributed by atoms with E-state index in [2.05, 4.69) is 5.32 Å². The van der Waals surface area contributed by atoms with Gasteiger partial charge in [-0.15, -0.1) is 11.3 Å². The summed E-state index contributed by atoms with van der Waals surface area (Å²) in [6.45, 7) is 0.278. The van der Waals surface area contributed by atoms with E-state index in [0.29, 0.717) is 10.6 Å². The van der Waals surface area contributed by atoms with Gasteiger partial charge in [0.1, 0.15) is 5.75 Å². The van der Waals surface area contributed by atoms with E-state index in [9.17, 15) is 9.59 Å². The van der Waals surface area contributed by atoms with Gasteiger partial charge in [0.15, 0.2) is 0 Å². The number of methoxy groups -OCH3 is 1. The number of amides is 1. The van der Waals surface area contributed by atoms with Crippen LogP contribution in [-0.4, -0.2) is 24.1 Å². The summed E-state index contributed by atoms with van der Waals surface area (Å²) in [5, 5.41) is 13.4. The minimum Gasteiger partial charge on any atom is -0.496 e. The Balaban J connectivity index is 1.99. The zero-order chi connectivity index (χ0) is 14.5. The van der Waals surface area contributed by atoms with Crippen molar-refractivity contribution in [3.8, 4) is 5.75 Å². The van der Waals surface area contributed by atoms with Crippen molar-refractivity contribution in [2.24, 2.45) is 0 Å².